The van der Waals surface area contributed by atoms with Crippen LogP contribution in [-0.4, -0.2) is 19.3 Å². The maximum atomic E-state index is 5.40. The van der Waals surface area contributed by atoms with Gasteiger partial charge in [0.2, 0.25) is 0 Å². The van der Waals surface area contributed by atoms with E-state index in [1.165, 1.54) is 11.1 Å². The maximum absolute atomic E-state index is 5.40. The zero-order chi connectivity index (χ0) is 12.1. The van der Waals surface area contributed by atoms with Crippen LogP contribution < -0.4 is 5.32 Å². The van der Waals surface area contributed by atoms with Crippen LogP contribution in [0.3, 0.4) is 0 Å². The molecule has 1 saturated heterocycles. The lowest BCUT2D eigenvalue weighted by atomic mass is 10.00. The molecule has 2 nitrogen and oxygen atoms in total. The molecule has 94 valence electrons. The number of rotatable bonds is 4. The minimum absolute atomic E-state index is 0.485. The molecule has 1 aromatic rings. The third-order valence-electron chi connectivity index (χ3n) is 3.55. The third-order valence-corrected chi connectivity index (χ3v) is 3.55. The van der Waals surface area contributed by atoms with Gasteiger partial charge < -0.3 is 10.1 Å². The summed E-state index contributed by atoms with van der Waals surface area (Å²) in [6.45, 7) is 6.19. The first-order chi connectivity index (χ1) is 8.29. The highest BCUT2D eigenvalue weighted by molar-refractivity contribution is 5.24. The molecule has 0 aliphatic carbocycles. The number of nitrogens with one attached hydrogen (secondary N) is 1. The summed E-state index contributed by atoms with van der Waals surface area (Å²) in [4.78, 5) is 0. The van der Waals surface area contributed by atoms with E-state index in [0.717, 1.165) is 32.5 Å². The van der Waals surface area contributed by atoms with Crippen LogP contribution >= 0.6 is 0 Å². The molecule has 1 atom stereocenters. The van der Waals surface area contributed by atoms with Crippen LogP contribution in [0.5, 0.6) is 0 Å². The van der Waals surface area contributed by atoms with Crippen LogP contribution in [0.4, 0.5) is 0 Å². The van der Waals surface area contributed by atoms with E-state index >= 15 is 0 Å². The molecular weight excluding hydrogens is 210 g/mol. The molecule has 2 heteroatoms. The molecule has 0 spiro atoms. The number of aryl methyl sites for hydroxylation is 1. The first-order valence-corrected chi connectivity index (χ1v) is 6.70. The highest BCUT2D eigenvalue weighted by Crippen LogP contribution is 2.20. The Hall–Kier alpha value is -0.860. The number of benzene rings is 1. The minimum Gasteiger partial charge on any atom is -0.381 e. The molecule has 1 unspecified atom stereocenters. The lowest BCUT2D eigenvalue weighted by molar-refractivity contribution is 0.0746. The average molecular weight is 233 g/mol. The van der Waals surface area contributed by atoms with Gasteiger partial charge in [0.25, 0.3) is 0 Å². The van der Waals surface area contributed by atoms with E-state index < -0.39 is 0 Å². The Morgan fingerprint density at radius 3 is 2.47 bits per heavy atom. The number of ether oxygens (including phenoxy) is 1. The maximum Gasteiger partial charge on any atom is 0.0480 e. The molecule has 0 saturated carbocycles. The first-order valence-electron chi connectivity index (χ1n) is 6.70. The Kier molecular flexibility index (Phi) is 4.57. The molecule has 17 heavy (non-hydrogen) atoms. The van der Waals surface area contributed by atoms with Crippen molar-refractivity contribution in [2.75, 3.05) is 13.2 Å². The van der Waals surface area contributed by atoms with E-state index in [1.54, 1.807) is 0 Å². The fourth-order valence-electron chi connectivity index (χ4n) is 2.40. The van der Waals surface area contributed by atoms with Gasteiger partial charge in [0.05, 0.1) is 0 Å². The van der Waals surface area contributed by atoms with E-state index in [0.29, 0.717) is 12.1 Å². The molecule has 1 heterocycles. The van der Waals surface area contributed by atoms with Crippen LogP contribution in [0, 0.1) is 6.92 Å². The topological polar surface area (TPSA) is 21.3 Å². The van der Waals surface area contributed by atoms with Gasteiger partial charge in [-0.05, 0) is 31.7 Å². The summed E-state index contributed by atoms with van der Waals surface area (Å²) in [5.74, 6) is 0. The van der Waals surface area contributed by atoms with Crippen molar-refractivity contribution in [2.45, 2.75) is 45.2 Å². The quantitative estimate of drug-likeness (QED) is 0.862. The largest absolute Gasteiger partial charge is 0.381 e. The molecule has 0 aromatic heterocycles. The van der Waals surface area contributed by atoms with Gasteiger partial charge in [0.15, 0.2) is 0 Å². The van der Waals surface area contributed by atoms with Gasteiger partial charge in [0.1, 0.15) is 0 Å². The van der Waals surface area contributed by atoms with Gasteiger partial charge in [-0.2, -0.15) is 0 Å². The van der Waals surface area contributed by atoms with Crippen LogP contribution in [0.1, 0.15) is 43.4 Å². The lowest BCUT2D eigenvalue weighted by Gasteiger charge is -2.28. The Labute approximate surface area is 104 Å². The molecule has 1 N–H and O–H groups in total. The van der Waals surface area contributed by atoms with Crippen molar-refractivity contribution in [3.05, 3.63) is 35.4 Å². The van der Waals surface area contributed by atoms with Crippen LogP contribution in [0.25, 0.3) is 0 Å². The Balaban J connectivity index is 1.97. The van der Waals surface area contributed by atoms with Gasteiger partial charge >= 0.3 is 0 Å². The van der Waals surface area contributed by atoms with Gasteiger partial charge in [-0.3, -0.25) is 0 Å². The van der Waals surface area contributed by atoms with E-state index in [9.17, 15) is 0 Å². The molecule has 0 radical (unpaired) electrons. The molecular formula is C15H23NO. The summed E-state index contributed by atoms with van der Waals surface area (Å²) in [5, 5.41) is 3.76. The van der Waals surface area contributed by atoms with Crippen molar-refractivity contribution >= 4 is 0 Å². The molecule has 0 bridgehead atoms. The van der Waals surface area contributed by atoms with Gasteiger partial charge in [0, 0.05) is 25.3 Å². The fraction of sp³-hybridized carbons (Fsp3) is 0.600. The summed E-state index contributed by atoms with van der Waals surface area (Å²) in [7, 11) is 0. The lowest BCUT2D eigenvalue weighted by Crippen LogP contribution is -2.37. The van der Waals surface area contributed by atoms with Crippen LogP contribution in [-0.2, 0) is 4.74 Å². The second-order valence-corrected chi connectivity index (χ2v) is 4.92. The Morgan fingerprint density at radius 1 is 1.24 bits per heavy atom. The second-order valence-electron chi connectivity index (χ2n) is 4.92. The van der Waals surface area contributed by atoms with Gasteiger partial charge in [-0.25, -0.2) is 0 Å². The zero-order valence-corrected chi connectivity index (χ0v) is 10.9. The van der Waals surface area contributed by atoms with E-state index in [1.807, 2.05) is 0 Å². The number of hydrogen-bond donors (Lipinski definition) is 1. The van der Waals surface area contributed by atoms with Crippen LogP contribution in [0.15, 0.2) is 24.3 Å². The second kappa shape index (κ2) is 6.18. The van der Waals surface area contributed by atoms with Crippen molar-refractivity contribution in [2.24, 2.45) is 0 Å². The third kappa shape index (κ3) is 3.55. The molecule has 1 aromatic carbocycles. The Morgan fingerprint density at radius 2 is 1.88 bits per heavy atom. The predicted molar refractivity (Wildman–Crippen MR) is 71.2 cm³/mol. The molecule has 0 amide bonds. The summed E-state index contributed by atoms with van der Waals surface area (Å²) in [5.41, 5.74) is 2.74. The highest BCUT2D eigenvalue weighted by atomic mass is 16.5. The standard InChI is InChI=1S/C15H23NO/c1-3-15(13-6-4-12(2)5-7-13)16-14-8-10-17-11-9-14/h4-7,14-16H,3,8-11H2,1-2H3. The molecule has 2 rings (SSSR count). The van der Waals surface area contributed by atoms with E-state index in [-0.39, 0.29) is 0 Å². The zero-order valence-electron chi connectivity index (χ0n) is 10.9. The number of hydrogen-bond acceptors (Lipinski definition) is 2. The van der Waals surface area contributed by atoms with Crippen molar-refractivity contribution in [1.29, 1.82) is 0 Å². The summed E-state index contributed by atoms with van der Waals surface area (Å²) in [6, 6.07) is 9.99. The smallest absolute Gasteiger partial charge is 0.0480 e. The fourth-order valence-corrected chi connectivity index (χ4v) is 2.40. The molecule has 1 aliphatic rings. The van der Waals surface area contributed by atoms with Gasteiger partial charge in [-0.15, -0.1) is 0 Å². The SMILES string of the molecule is CCC(NC1CCOCC1)c1ccc(C)cc1. The monoisotopic (exact) mass is 233 g/mol. The first kappa shape index (κ1) is 12.6. The summed E-state index contributed by atoms with van der Waals surface area (Å²) >= 11 is 0. The summed E-state index contributed by atoms with van der Waals surface area (Å²) < 4.78 is 5.40. The van der Waals surface area contributed by atoms with Crippen molar-refractivity contribution in [3.8, 4) is 0 Å². The highest BCUT2D eigenvalue weighted by Gasteiger charge is 2.18. The van der Waals surface area contributed by atoms with E-state index in [2.05, 4.69) is 43.4 Å². The van der Waals surface area contributed by atoms with Gasteiger partial charge in [-0.1, -0.05) is 36.8 Å². The Bertz CT molecular complexity index is 327. The minimum atomic E-state index is 0.485. The normalized spacial score (nSPS) is 19.2. The van der Waals surface area contributed by atoms with Crippen molar-refractivity contribution < 1.29 is 4.74 Å². The van der Waals surface area contributed by atoms with E-state index in [4.69, 9.17) is 4.74 Å². The summed E-state index contributed by atoms with van der Waals surface area (Å²) in [6.07, 6.45) is 3.42. The molecule has 1 fully saturated rings. The van der Waals surface area contributed by atoms with Crippen molar-refractivity contribution in [1.82, 2.24) is 5.32 Å². The van der Waals surface area contributed by atoms with Crippen molar-refractivity contribution in [3.63, 3.8) is 0 Å². The predicted octanol–water partition coefficient (Wildman–Crippen LogP) is 3.21. The average Bonchev–Trinajstić information content (AvgIpc) is 2.38. The molecule has 1 aliphatic heterocycles. The van der Waals surface area contributed by atoms with Crippen LogP contribution in [0.2, 0.25) is 0 Å².